The van der Waals surface area contributed by atoms with Crippen LogP contribution in [0.1, 0.15) is 56.9 Å². The molecule has 94 valence electrons. The van der Waals surface area contributed by atoms with Crippen molar-refractivity contribution in [2.75, 3.05) is 17.6 Å². The number of hydrogen-bond acceptors (Lipinski definition) is 4. The van der Waals surface area contributed by atoms with Crippen molar-refractivity contribution in [1.82, 2.24) is 4.37 Å². The van der Waals surface area contributed by atoms with Crippen molar-refractivity contribution in [3.63, 3.8) is 0 Å². The Hall–Kier alpha value is -0.770. The maximum atomic E-state index is 5.96. The highest BCUT2D eigenvalue weighted by atomic mass is 32.1. The summed E-state index contributed by atoms with van der Waals surface area (Å²) < 4.78 is 4.31. The summed E-state index contributed by atoms with van der Waals surface area (Å²) in [5.41, 5.74) is 7.82. The molecule has 2 saturated carbocycles. The van der Waals surface area contributed by atoms with E-state index in [0.29, 0.717) is 11.3 Å². The summed E-state index contributed by atoms with van der Waals surface area (Å²) in [4.78, 5) is 0. The fourth-order valence-corrected chi connectivity index (χ4v) is 3.60. The molecule has 0 atom stereocenters. The van der Waals surface area contributed by atoms with Gasteiger partial charge in [-0.1, -0.05) is 13.3 Å². The molecule has 0 aliphatic heterocycles. The number of nitrogens with zero attached hydrogens (tertiary/aromatic N) is 1. The zero-order valence-corrected chi connectivity index (χ0v) is 11.3. The summed E-state index contributed by atoms with van der Waals surface area (Å²) >= 11 is 1.54. The third-order valence-electron chi connectivity index (χ3n) is 4.53. The van der Waals surface area contributed by atoms with Crippen LogP contribution >= 0.6 is 11.5 Å². The minimum atomic E-state index is 0.555. The van der Waals surface area contributed by atoms with Crippen molar-refractivity contribution in [2.24, 2.45) is 5.41 Å². The molecule has 1 aromatic rings. The molecule has 3 rings (SSSR count). The first-order valence-electron chi connectivity index (χ1n) is 6.73. The average molecular weight is 251 g/mol. The lowest BCUT2D eigenvalue weighted by molar-refractivity contribution is 0.145. The SMILES string of the molecule is CCC1(CNc2snc(N)c2C2CC2)CCC1. The Morgan fingerprint density at radius 2 is 2.24 bits per heavy atom. The first-order chi connectivity index (χ1) is 8.24. The second kappa shape index (κ2) is 4.16. The number of nitrogen functional groups attached to an aromatic ring is 1. The lowest BCUT2D eigenvalue weighted by Gasteiger charge is -2.41. The van der Waals surface area contributed by atoms with Crippen molar-refractivity contribution in [2.45, 2.75) is 51.4 Å². The van der Waals surface area contributed by atoms with E-state index in [0.717, 1.165) is 12.4 Å². The van der Waals surface area contributed by atoms with Gasteiger partial charge in [0.05, 0.1) is 0 Å². The molecule has 4 heteroatoms. The van der Waals surface area contributed by atoms with Crippen molar-refractivity contribution >= 4 is 22.4 Å². The number of nitrogens with one attached hydrogen (secondary N) is 1. The number of hydrogen-bond donors (Lipinski definition) is 2. The maximum absolute atomic E-state index is 5.96. The predicted octanol–water partition coefficient (Wildman–Crippen LogP) is 3.59. The summed E-state index contributed by atoms with van der Waals surface area (Å²) in [7, 11) is 0. The van der Waals surface area contributed by atoms with Crippen LogP contribution in [0.15, 0.2) is 0 Å². The van der Waals surface area contributed by atoms with Crippen LogP contribution in [-0.2, 0) is 0 Å². The number of anilines is 2. The van der Waals surface area contributed by atoms with E-state index < -0.39 is 0 Å². The molecule has 2 fully saturated rings. The van der Waals surface area contributed by atoms with Crippen LogP contribution in [0.4, 0.5) is 10.8 Å². The third kappa shape index (κ3) is 2.03. The van der Waals surface area contributed by atoms with Gasteiger partial charge in [-0.25, -0.2) is 0 Å². The van der Waals surface area contributed by atoms with E-state index in [2.05, 4.69) is 16.6 Å². The van der Waals surface area contributed by atoms with Crippen LogP contribution in [0.5, 0.6) is 0 Å². The van der Waals surface area contributed by atoms with Crippen LogP contribution in [0.3, 0.4) is 0 Å². The summed E-state index contributed by atoms with van der Waals surface area (Å²) in [6.45, 7) is 3.41. The van der Waals surface area contributed by atoms with Gasteiger partial charge in [-0.2, -0.15) is 4.37 Å². The van der Waals surface area contributed by atoms with Crippen molar-refractivity contribution in [3.8, 4) is 0 Å². The first-order valence-corrected chi connectivity index (χ1v) is 7.50. The molecule has 0 saturated heterocycles. The normalized spacial score (nSPS) is 22.2. The molecule has 0 spiro atoms. The number of nitrogens with two attached hydrogens (primary N) is 1. The molecule has 1 heterocycles. The van der Waals surface area contributed by atoms with Crippen LogP contribution in [-0.4, -0.2) is 10.9 Å². The molecule has 0 radical (unpaired) electrons. The molecular weight excluding hydrogens is 230 g/mol. The van der Waals surface area contributed by atoms with Gasteiger partial charge in [0, 0.05) is 12.1 Å². The van der Waals surface area contributed by atoms with E-state index in [1.807, 2.05) is 0 Å². The van der Waals surface area contributed by atoms with Gasteiger partial charge in [0.25, 0.3) is 0 Å². The zero-order chi connectivity index (χ0) is 11.9. The topological polar surface area (TPSA) is 50.9 Å². The fraction of sp³-hybridized carbons (Fsp3) is 0.769. The molecule has 3 N–H and O–H groups in total. The van der Waals surface area contributed by atoms with E-state index in [1.165, 1.54) is 49.1 Å². The summed E-state index contributed by atoms with van der Waals surface area (Å²) in [5, 5.41) is 4.87. The molecule has 2 aliphatic carbocycles. The van der Waals surface area contributed by atoms with E-state index in [4.69, 9.17) is 5.73 Å². The molecule has 0 bridgehead atoms. The Morgan fingerprint density at radius 1 is 1.47 bits per heavy atom. The Morgan fingerprint density at radius 3 is 2.76 bits per heavy atom. The van der Waals surface area contributed by atoms with E-state index >= 15 is 0 Å². The van der Waals surface area contributed by atoms with Crippen LogP contribution in [0, 0.1) is 5.41 Å². The fourth-order valence-electron chi connectivity index (χ4n) is 2.80. The highest BCUT2D eigenvalue weighted by Crippen LogP contribution is 2.49. The second-order valence-electron chi connectivity index (χ2n) is 5.65. The predicted molar refractivity (Wildman–Crippen MR) is 73.6 cm³/mol. The standard InChI is InChI=1S/C13H21N3S/c1-2-13(6-3-7-13)8-15-12-10(9-4-5-9)11(14)16-17-12/h9,15H,2-8H2,1H3,(H2,14,16). The van der Waals surface area contributed by atoms with E-state index in [1.54, 1.807) is 11.5 Å². The van der Waals surface area contributed by atoms with Crippen LogP contribution in [0.25, 0.3) is 0 Å². The summed E-state index contributed by atoms with van der Waals surface area (Å²) in [5.74, 6) is 1.45. The van der Waals surface area contributed by atoms with Gasteiger partial charge in [0.15, 0.2) is 0 Å². The molecule has 2 aliphatic rings. The Kier molecular flexibility index (Phi) is 2.77. The molecular formula is C13H21N3S. The highest BCUT2D eigenvalue weighted by Gasteiger charge is 2.36. The lowest BCUT2D eigenvalue weighted by Crippen LogP contribution is -2.35. The quantitative estimate of drug-likeness (QED) is 0.840. The van der Waals surface area contributed by atoms with E-state index in [-0.39, 0.29) is 0 Å². The molecule has 0 aromatic carbocycles. The first kappa shape index (κ1) is 11.3. The molecule has 1 aromatic heterocycles. The van der Waals surface area contributed by atoms with Crippen LogP contribution < -0.4 is 11.1 Å². The van der Waals surface area contributed by atoms with Gasteiger partial charge in [-0.05, 0) is 55.0 Å². The van der Waals surface area contributed by atoms with Crippen molar-refractivity contribution in [1.29, 1.82) is 0 Å². The van der Waals surface area contributed by atoms with Gasteiger partial charge >= 0.3 is 0 Å². The minimum absolute atomic E-state index is 0.555. The summed E-state index contributed by atoms with van der Waals surface area (Å²) in [6, 6.07) is 0. The number of rotatable bonds is 5. The monoisotopic (exact) mass is 251 g/mol. The molecule has 3 nitrogen and oxygen atoms in total. The largest absolute Gasteiger partial charge is 0.383 e. The second-order valence-corrected chi connectivity index (χ2v) is 6.42. The Bertz CT molecular complexity index is 399. The maximum Gasteiger partial charge on any atom is 0.142 e. The van der Waals surface area contributed by atoms with Gasteiger partial charge < -0.3 is 11.1 Å². The van der Waals surface area contributed by atoms with Gasteiger partial charge in [-0.15, -0.1) is 0 Å². The van der Waals surface area contributed by atoms with Gasteiger partial charge in [-0.3, -0.25) is 0 Å². The van der Waals surface area contributed by atoms with Crippen molar-refractivity contribution < 1.29 is 0 Å². The molecule has 0 unspecified atom stereocenters. The van der Waals surface area contributed by atoms with Gasteiger partial charge in [0.1, 0.15) is 10.8 Å². The average Bonchev–Trinajstić information content (AvgIpc) is 3.03. The van der Waals surface area contributed by atoms with Crippen molar-refractivity contribution in [3.05, 3.63) is 5.56 Å². The molecule has 0 amide bonds. The molecule has 17 heavy (non-hydrogen) atoms. The minimum Gasteiger partial charge on any atom is -0.383 e. The Balaban J connectivity index is 1.68. The Labute approximate surface area is 107 Å². The van der Waals surface area contributed by atoms with Crippen LogP contribution in [0.2, 0.25) is 0 Å². The third-order valence-corrected chi connectivity index (χ3v) is 5.36. The zero-order valence-electron chi connectivity index (χ0n) is 10.5. The van der Waals surface area contributed by atoms with E-state index in [9.17, 15) is 0 Å². The highest BCUT2D eigenvalue weighted by molar-refractivity contribution is 7.10. The van der Waals surface area contributed by atoms with Gasteiger partial charge in [0.2, 0.25) is 0 Å². The smallest absolute Gasteiger partial charge is 0.142 e. The summed E-state index contributed by atoms with van der Waals surface area (Å²) in [6.07, 6.45) is 8.02. The number of aromatic nitrogens is 1. The lowest BCUT2D eigenvalue weighted by atomic mass is 9.67.